The van der Waals surface area contributed by atoms with Crippen molar-refractivity contribution in [1.82, 2.24) is 4.98 Å². The number of halogens is 2. The summed E-state index contributed by atoms with van der Waals surface area (Å²) in [6.45, 7) is 0. The van der Waals surface area contributed by atoms with Gasteiger partial charge in [-0.2, -0.15) is 5.10 Å². The lowest BCUT2D eigenvalue weighted by molar-refractivity contribution is 0.474. The Morgan fingerprint density at radius 2 is 2.00 bits per heavy atom. The van der Waals surface area contributed by atoms with E-state index in [-0.39, 0.29) is 5.75 Å². The zero-order valence-electron chi connectivity index (χ0n) is 11.7. The monoisotopic (exact) mass is 407 g/mol. The maximum Gasteiger partial charge on any atom is 0.203 e. The first-order chi connectivity index (χ1) is 11.1. The van der Waals surface area contributed by atoms with Crippen LogP contribution in [0.1, 0.15) is 5.56 Å². The van der Waals surface area contributed by atoms with Gasteiger partial charge in [0.1, 0.15) is 5.75 Å². The zero-order chi connectivity index (χ0) is 16.2. The molecule has 0 aliphatic heterocycles. The number of aromatic nitrogens is 1. The number of phenolic OH excluding ortho intramolecular Hbond substituents is 1. The molecule has 4 nitrogen and oxygen atoms in total. The summed E-state index contributed by atoms with van der Waals surface area (Å²) in [5.41, 5.74) is 5.33. The average Bonchev–Trinajstić information content (AvgIpc) is 3.00. The number of thiazole rings is 1. The molecule has 116 valence electrons. The number of nitrogens with zero attached hydrogens (tertiary/aromatic N) is 2. The number of aromatic hydroxyl groups is 1. The largest absolute Gasteiger partial charge is 0.507 e. The van der Waals surface area contributed by atoms with E-state index in [4.69, 9.17) is 11.6 Å². The number of hydrazone groups is 1. The van der Waals surface area contributed by atoms with Crippen LogP contribution in [-0.4, -0.2) is 16.3 Å². The Kier molecular flexibility index (Phi) is 4.95. The second kappa shape index (κ2) is 7.12. The molecule has 0 fully saturated rings. The fourth-order valence-electron chi connectivity index (χ4n) is 1.86. The number of hydrogen-bond donors (Lipinski definition) is 2. The highest BCUT2D eigenvalue weighted by Gasteiger charge is 2.04. The van der Waals surface area contributed by atoms with Gasteiger partial charge in [-0.3, -0.25) is 5.43 Å². The Hall–Kier alpha value is -1.89. The molecule has 0 aliphatic carbocycles. The molecule has 0 radical (unpaired) electrons. The molecule has 0 atom stereocenters. The average molecular weight is 409 g/mol. The second-order valence-electron chi connectivity index (χ2n) is 4.62. The summed E-state index contributed by atoms with van der Waals surface area (Å²) in [6.07, 6.45) is 1.55. The minimum Gasteiger partial charge on any atom is -0.507 e. The number of benzene rings is 2. The summed E-state index contributed by atoms with van der Waals surface area (Å²) in [4.78, 5) is 4.46. The first kappa shape index (κ1) is 16.0. The molecule has 3 aromatic rings. The van der Waals surface area contributed by atoms with Crippen LogP contribution in [-0.2, 0) is 0 Å². The molecule has 1 aromatic heterocycles. The maximum atomic E-state index is 9.74. The molecular weight excluding hydrogens is 398 g/mol. The third-order valence-corrected chi connectivity index (χ3v) is 4.49. The summed E-state index contributed by atoms with van der Waals surface area (Å²) >= 11 is 10.7. The summed E-state index contributed by atoms with van der Waals surface area (Å²) in [7, 11) is 0. The van der Waals surface area contributed by atoms with E-state index in [2.05, 4.69) is 31.4 Å². The first-order valence-electron chi connectivity index (χ1n) is 6.61. The van der Waals surface area contributed by atoms with Gasteiger partial charge in [-0.25, -0.2) is 4.98 Å². The van der Waals surface area contributed by atoms with Crippen LogP contribution < -0.4 is 5.43 Å². The molecule has 1 heterocycles. The third kappa shape index (κ3) is 4.10. The molecule has 0 spiro atoms. The molecule has 0 aliphatic rings. The Morgan fingerprint density at radius 3 is 2.78 bits per heavy atom. The van der Waals surface area contributed by atoms with E-state index in [0.717, 1.165) is 15.7 Å². The van der Waals surface area contributed by atoms with Gasteiger partial charge in [-0.05, 0) is 30.3 Å². The summed E-state index contributed by atoms with van der Waals surface area (Å²) in [5.74, 6) is 0.166. The van der Waals surface area contributed by atoms with Crippen molar-refractivity contribution in [3.63, 3.8) is 0 Å². The van der Waals surface area contributed by atoms with Crippen molar-refractivity contribution in [3.8, 4) is 17.0 Å². The SMILES string of the molecule is Oc1ccc(Br)cc1/C=N/Nc1nc(-c2ccc(Cl)cc2)cs1. The maximum absolute atomic E-state index is 9.74. The Bertz CT molecular complexity index is 849. The number of rotatable bonds is 4. The minimum atomic E-state index is 0.166. The van der Waals surface area contributed by atoms with Gasteiger partial charge in [0.2, 0.25) is 5.13 Å². The molecular formula is C16H11BrClN3OS. The highest BCUT2D eigenvalue weighted by atomic mass is 79.9. The van der Waals surface area contributed by atoms with Crippen molar-refractivity contribution in [3.05, 3.63) is 62.9 Å². The van der Waals surface area contributed by atoms with E-state index in [1.807, 2.05) is 29.6 Å². The Balaban J connectivity index is 1.71. The van der Waals surface area contributed by atoms with Crippen molar-refractivity contribution >= 4 is 50.2 Å². The first-order valence-corrected chi connectivity index (χ1v) is 8.66. The topological polar surface area (TPSA) is 57.5 Å². The molecule has 0 amide bonds. The van der Waals surface area contributed by atoms with E-state index < -0.39 is 0 Å². The van der Waals surface area contributed by atoms with Gasteiger partial charge in [-0.15, -0.1) is 11.3 Å². The molecule has 3 rings (SSSR count). The van der Waals surface area contributed by atoms with Crippen molar-refractivity contribution in [1.29, 1.82) is 0 Å². The lowest BCUT2D eigenvalue weighted by atomic mass is 10.2. The molecule has 0 saturated carbocycles. The van der Waals surface area contributed by atoms with Crippen LogP contribution in [0.4, 0.5) is 5.13 Å². The predicted octanol–water partition coefficient (Wildman–Crippen LogP) is 5.38. The van der Waals surface area contributed by atoms with Gasteiger partial charge in [0.15, 0.2) is 0 Å². The van der Waals surface area contributed by atoms with E-state index in [1.54, 1.807) is 24.4 Å². The molecule has 2 aromatic carbocycles. The molecule has 0 bridgehead atoms. The van der Waals surface area contributed by atoms with E-state index in [9.17, 15) is 5.11 Å². The van der Waals surface area contributed by atoms with Crippen LogP contribution in [0.2, 0.25) is 5.02 Å². The van der Waals surface area contributed by atoms with Crippen LogP contribution in [0.3, 0.4) is 0 Å². The van der Waals surface area contributed by atoms with E-state index >= 15 is 0 Å². The smallest absolute Gasteiger partial charge is 0.203 e. The van der Waals surface area contributed by atoms with E-state index in [0.29, 0.717) is 15.7 Å². The summed E-state index contributed by atoms with van der Waals surface area (Å²) in [5, 5.41) is 17.2. The molecule has 23 heavy (non-hydrogen) atoms. The number of nitrogens with one attached hydrogen (secondary N) is 1. The summed E-state index contributed by atoms with van der Waals surface area (Å²) < 4.78 is 0.871. The van der Waals surface area contributed by atoms with Gasteiger partial charge >= 0.3 is 0 Å². The van der Waals surface area contributed by atoms with Gasteiger partial charge in [-0.1, -0.05) is 39.7 Å². The van der Waals surface area contributed by atoms with Crippen molar-refractivity contribution in [2.75, 3.05) is 5.43 Å². The molecule has 0 saturated heterocycles. The lowest BCUT2D eigenvalue weighted by Gasteiger charge is -1.99. The second-order valence-corrected chi connectivity index (χ2v) is 6.83. The quantitative estimate of drug-likeness (QED) is 0.450. The van der Waals surface area contributed by atoms with Gasteiger partial charge in [0, 0.05) is 26.0 Å². The van der Waals surface area contributed by atoms with Gasteiger partial charge < -0.3 is 5.11 Å². The number of phenols is 1. The van der Waals surface area contributed by atoms with Crippen molar-refractivity contribution in [2.24, 2.45) is 5.10 Å². The fraction of sp³-hybridized carbons (Fsp3) is 0. The predicted molar refractivity (Wildman–Crippen MR) is 99.6 cm³/mol. The van der Waals surface area contributed by atoms with Gasteiger partial charge in [0.25, 0.3) is 0 Å². The third-order valence-electron chi connectivity index (χ3n) is 3.00. The molecule has 2 N–H and O–H groups in total. The van der Waals surface area contributed by atoms with Crippen LogP contribution in [0.5, 0.6) is 5.75 Å². The van der Waals surface area contributed by atoms with Gasteiger partial charge in [0.05, 0.1) is 11.9 Å². The molecule has 0 unspecified atom stereocenters. The zero-order valence-corrected chi connectivity index (χ0v) is 14.9. The number of hydrogen-bond acceptors (Lipinski definition) is 5. The Labute approximate surface area is 150 Å². The Morgan fingerprint density at radius 1 is 1.22 bits per heavy atom. The molecule has 7 heteroatoms. The van der Waals surface area contributed by atoms with Crippen LogP contribution in [0, 0.1) is 0 Å². The highest BCUT2D eigenvalue weighted by Crippen LogP contribution is 2.26. The fourth-order valence-corrected chi connectivity index (χ4v) is 3.04. The van der Waals surface area contributed by atoms with Crippen molar-refractivity contribution in [2.45, 2.75) is 0 Å². The van der Waals surface area contributed by atoms with Crippen molar-refractivity contribution < 1.29 is 5.11 Å². The summed E-state index contributed by atoms with van der Waals surface area (Å²) in [6, 6.07) is 12.7. The highest BCUT2D eigenvalue weighted by molar-refractivity contribution is 9.10. The standard InChI is InChI=1S/C16H11BrClN3OS/c17-12-3-6-15(22)11(7-12)8-19-21-16-20-14(9-23-16)10-1-4-13(18)5-2-10/h1-9,22H,(H,20,21)/b19-8+. The van der Waals surface area contributed by atoms with Crippen LogP contribution >= 0.6 is 38.9 Å². The van der Waals surface area contributed by atoms with Crippen LogP contribution in [0.25, 0.3) is 11.3 Å². The number of anilines is 1. The normalized spacial score (nSPS) is 11.0. The minimum absolute atomic E-state index is 0.166. The van der Waals surface area contributed by atoms with Crippen LogP contribution in [0.15, 0.2) is 57.4 Å². The van der Waals surface area contributed by atoms with E-state index in [1.165, 1.54) is 11.3 Å². The lowest BCUT2D eigenvalue weighted by Crippen LogP contribution is -1.90.